The number of halogens is 1. The Labute approximate surface area is 135 Å². The average molecular weight is 358 g/mol. The van der Waals surface area contributed by atoms with E-state index in [1.165, 1.54) is 10.5 Å². The van der Waals surface area contributed by atoms with Crippen molar-refractivity contribution in [3.63, 3.8) is 0 Å². The molecule has 4 nitrogen and oxygen atoms in total. The van der Waals surface area contributed by atoms with Crippen molar-refractivity contribution in [2.24, 2.45) is 0 Å². The van der Waals surface area contributed by atoms with Crippen molar-refractivity contribution in [3.05, 3.63) is 34.3 Å². The van der Waals surface area contributed by atoms with Crippen molar-refractivity contribution in [3.8, 4) is 0 Å². The van der Waals surface area contributed by atoms with Crippen molar-refractivity contribution in [1.29, 1.82) is 0 Å². The highest BCUT2D eigenvalue weighted by molar-refractivity contribution is 9.10. The van der Waals surface area contributed by atoms with Crippen LogP contribution in [-0.2, 0) is 4.74 Å². The topological polar surface area (TPSA) is 49.8 Å². The minimum Gasteiger partial charge on any atom is -0.444 e. The van der Waals surface area contributed by atoms with Crippen LogP contribution in [0.15, 0.2) is 28.7 Å². The first-order chi connectivity index (χ1) is 9.67. The molecule has 1 aliphatic heterocycles. The molecule has 0 saturated carbocycles. The molecule has 1 saturated heterocycles. The fourth-order valence-corrected chi connectivity index (χ4v) is 2.03. The lowest BCUT2D eigenvalue weighted by Crippen LogP contribution is -2.35. The van der Waals surface area contributed by atoms with Crippen LogP contribution < -0.4 is 0 Å². The molecule has 0 bridgehead atoms. The Morgan fingerprint density at radius 3 is 2.29 bits per heavy atom. The Hall–Kier alpha value is -1.07. The summed E-state index contributed by atoms with van der Waals surface area (Å²) in [7, 11) is 0. The third-order valence-electron chi connectivity index (χ3n) is 2.83. The Bertz CT molecular complexity index is 433. The second-order valence-corrected chi connectivity index (χ2v) is 7.08. The lowest BCUT2D eigenvalue weighted by atomic mass is 10.2. The van der Waals surface area contributed by atoms with Gasteiger partial charge in [-0.15, -0.1) is 0 Å². The maximum Gasteiger partial charge on any atom is 0.410 e. The minimum absolute atomic E-state index is 0.330. The Morgan fingerprint density at radius 1 is 1.33 bits per heavy atom. The molecule has 1 aromatic rings. The van der Waals surface area contributed by atoms with Crippen LogP contribution in [0.4, 0.5) is 4.79 Å². The molecule has 1 atom stereocenters. The number of carbonyl (C=O) groups is 1. The number of carbonyl (C=O) groups excluding carboxylic acids is 1. The normalized spacial score (nSPS) is 18.0. The fourth-order valence-electron chi connectivity index (χ4n) is 1.77. The first-order valence-corrected chi connectivity index (χ1v) is 7.85. The Balaban J connectivity index is 0.000000235. The standard InChI is InChI=1S/C9H17NO3.C7H7Br/c1-9(2,3)13-8(12)10-5-4-7(11)6-10;1-6-2-4-7(8)5-3-6/h7,11H,4-6H2,1-3H3;2-5H,1H3/t7-;/m1./s1. The summed E-state index contributed by atoms with van der Waals surface area (Å²) < 4.78 is 6.29. The van der Waals surface area contributed by atoms with Gasteiger partial charge in [0.05, 0.1) is 6.10 Å². The molecule has 1 amide bonds. The van der Waals surface area contributed by atoms with Gasteiger partial charge in [-0.3, -0.25) is 0 Å². The maximum absolute atomic E-state index is 11.4. The highest BCUT2D eigenvalue weighted by atomic mass is 79.9. The van der Waals surface area contributed by atoms with E-state index in [0.29, 0.717) is 19.5 Å². The fraction of sp³-hybridized carbons (Fsp3) is 0.562. The van der Waals surface area contributed by atoms with Gasteiger partial charge in [0.2, 0.25) is 0 Å². The summed E-state index contributed by atoms with van der Waals surface area (Å²) in [6.07, 6.45) is -0.0595. The lowest BCUT2D eigenvalue weighted by Gasteiger charge is -2.24. The highest BCUT2D eigenvalue weighted by Crippen LogP contribution is 2.14. The largest absolute Gasteiger partial charge is 0.444 e. The number of amides is 1. The second kappa shape index (κ2) is 7.80. The third-order valence-corrected chi connectivity index (χ3v) is 3.35. The predicted octanol–water partition coefficient (Wildman–Crippen LogP) is 3.75. The van der Waals surface area contributed by atoms with E-state index in [4.69, 9.17) is 4.74 Å². The van der Waals surface area contributed by atoms with Crippen LogP contribution in [0.25, 0.3) is 0 Å². The monoisotopic (exact) mass is 357 g/mol. The summed E-state index contributed by atoms with van der Waals surface area (Å²) in [6, 6.07) is 8.22. The number of likely N-dealkylation sites (tertiary alicyclic amines) is 1. The second-order valence-electron chi connectivity index (χ2n) is 6.16. The quantitative estimate of drug-likeness (QED) is 0.769. The molecule has 118 valence electrons. The summed E-state index contributed by atoms with van der Waals surface area (Å²) in [5.74, 6) is 0. The van der Waals surface area contributed by atoms with E-state index in [1.807, 2.05) is 32.9 Å². The third kappa shape index (κ3) is 7.48. The van der Waals surface area contributed by atoms with Crippen LogP contribution >= 0.6 is 15.9 Å². The Morgan fingerprint density at radius 2 is 1.90 bits per heavy atom. The van der Waals surface area contributed by atoms with Crippen molar-refractivity contribution in [2.45, 2.75) is 45.8 Å². The van der Waals surface area contributed by atoms with Crippen LogP contribution in [0.2, 0.25) is 0 Å². The number of hydrogen-bond acceptors (Lipinski definition) is 3. The van der Waals surface area contributed by atoms with Gasteiger partial charge in [0.1, 0.15) is 5.60 Å². The van der Waals surface area contributed by atoms with E-state index in [1.54, 1.807) is 0 Å². The number of ether oxygens (including phenoxy) is 1. The molecule has 0 aliphatic carbocycles. The first kappa shape index (κ1) is 18.0. The van der Waals surface area contributed by atoms with Crippen LogP contribution in [-0.4, -0.2) is 40.9 Å². The summed E-state index contributed by atoms with van der Waals surface area (Å²) in [4.78, 5) is 12.9. The molecule has 0 spiro atoms. The van der Waals surface area contributed by atoms with E-state index in [-0.39, 0.29) is 12.2 Å². The van der Waals surface area contributed by atoms with E-state index >= 15 is 0 Å². The van der Waals surface area contributed by atoms with Gasteiger partial charge in [-0.25, -0.2) is 4.79 Å². The number of rotatable bonds is 0. The first-order valence-electron chi connectivity index (χ1n) is 7.05. The van der Waals surface area contributed by atoms with E-state index in [0.717, 1.165) is 4.47 Å². The summed E-state index contributed by atoms with van der Waals surface area (Å²) in [5.41, 5.74) is 0.846. The zero-order valence-corrected chi connectivity index (χ0v) is 14.7. The molecule has 0 unspecified atom stereocenters. The van der Waals surface area contributed by atoms with Crippen molar-refractivity contribution in [2.75, 3.05) is 13.1 Å². The molecule has 1 aliphatic rings. The molecule has 1 aromatic carbocycles. The predicted molar refractivity (Wildman–Crippen MR) is 87.3 cm³/mol. The number of benzene rings is 1. The molecule has 0 radical (unpaired) electrons. The molecule has 21 heavy (non-hydrogen) atoms. The van der Waals surface area contributed by atoms with Gasteiger partial charge in [-0.2, -0.15) is 0 Å². The molecular formula is C16H24BrNO3. The van der Waals surface area contributed by atoms with Crippen LogP contribution in [0.3, 0.4) is 0 Å². The van der Waals surface area contributed by atoms with E-state index in [9.17, 15) is 9.90 Å². The Kier molecular flexibility index (Phi) is 6.68. The van der Waals surface area contributed by atoms with Gasteiger partial charge in [0.25, 0.3) is 0 Å². The number of hydrogen-bond donors (Lipinski definition) is 1. The smallest absolute Gasteiger partial charge is 0.410 e. The molecule has 5 heteroatoms. The number of aliphatic hydroxyl groups is 1. The SMILES string of the molecule is CC(C)(C)OC(=O)N1CC[C@@H](O)C1.Cc1ccc(Br)cc1. The van der Waals surface area contributed by atoms with Gasteiger partial charge in [0, 0.05) is 17.6 Å². The average Bonchev–Trinajstić information content (AvgIpc) is 2.79. The molecular weight excluding hydrogens is 334 g/mol. The molecule has 2 rings (SSSR count). The maximum atomic E-state index is 11.4. The molecule has 0 aromatic heterocycles. The zero-order valence-electron chi connectivity index (χ0n) is 13.1. The highest BCUT2D eigenvalue weighted by Gasteiger charge is 2.28. The van der Waals surface area contributed by atoms with Gasteiger partial charge in [-0.1, -0.05) is 33.6 Å². The molecule has 1 N–H and O–H groups in total. The van der Waals surface area contributed by atoms with Crippen LogP contribution in [0, 0.1) is 6.92 Å². The molecule has 1 fully saturated rings. The van der Waals surface area contributed by atoms with Gasteiger partial charge < -0.3 is 14.7 Å². The van der Waals surface area contributed by atoms with Crippen LogP contribution in [0.1, 0.15) is 32.8 Å². The summed E-state index contributed by atoms with van der Waals surface area (Å²) in [6.45, 7) is 8.56. The summed E-state index contributed by atoms with van der Waals surface area (Å²) in [5, 5.41) is 9.20. The van der Waals surface area contributed by atoms with Crippen molar-refractivity contribution in [1.82, 2.24) is 4.90 Å². The minimum atomic E-state index is -0.454. The van der Waals surface area contributed by atoms with E-state index < -0.39 is 5.60 Å². The van der Waals surface area contributed by atoms with Crippen molar-refractivity contribution < 1.29 is 14.6 Å². The van der Waals surface area contributed by atoms with Gasteiger partial charge in [-0.05, 0) is 46.2 Å². The van der Waals surface area contributed by atoms with E-state index in [2.05, 4.69) is 35.0 Å². The zero-order chi connectivity index (χ0) is 16.0. The number of nitrogens with zero attached hydrogens (tertiary/aromatic N) is 1. The van der Waals surface area contributed by atoms with Crippen LogP contribution in [0.5, 0.6) is 0 Å². The number of β-amino-alcohol motifs (C(OH)–C–C–N with tert-alkyl or cyclic N) is 1. The lowest BCUT2D eigenvalue weighted by molar-refractivity contribution is 0.0270. The number of aryl methyl sites for hydroxylation is 1. The molecule has 1 heterocycles. The van der Waals surface area contributed by atoms with Crippen molar-refractivity contribution >= 4 is 22.0 Å². The van der Waals surface area contributed by atoms with Gasteiger partial charge >= 0.3 is 6.09 Å². The van der Waals surface area contributed by atoms with Gasteiger partial charge in [0.15, 0.2) is 0 Å². The number of aliphatic hydroxyl groups excluding tert-OH is 1. The summed E-state index contributed by atoms with van der Waals surface area (Å²) >= 11 is 3.35.